The molecule has 1 amide bonds. The molecule has 1 fully saturated rings. The van der Waals surface area contributed by atoms with Gasteiger partial charge in [0.15, 0.2) is 0 Å². The zero-order valence-corrected chi connectivity index (χ0v) is 16.7. The van der Waals surface area contributed by atoms with E-state index in [-0.39, 0.29) is 24.3 Å². The highest BCUT2D eigenvalue weighted by Gasteiger charge is 2.26. The molecule has 0 spiro atoms. The molecule has 2 aliphatic heterocycles. The fraction of sp³-hybridized carbons (Fsp3) is 0.364. The van der Waals surface area contributed by atoms with Crippen molar-refractivity contribution in [1.29, 1.82) is 10.5 Å². The molecule has 8 nitrogen and oxygen atoms in total. The number of nitriles is 2. The van der Waals surface area contributed by atoms with Crippen molar-refractivity contribution in [2.45, 2.75) is 31.6 Å². The minimum Gasteiger partial charge on any atom is -0.488 e. The molecule has 0 aliphatic carbocycles. The molecular weight excluding hydrogens is 401 g/mol. The van der Waals surface area contributed by atoms with E-state index < -0.39 is 23.9 Å². The van der Waals surface area contributed by atoms with Crippen molar-refractivity contribution in [3.8, 4) is 29.0 Å². The second-order valence-electron chi connectivity index (χ2n) is 7.38. The topological polar surface area (TPSA) is 120 Å². The lowest BCUT2D eigenvalue weighted by Gasteiger charge is -2.22. The molecule has 3 heterocycles. The first kappa shape index (κ1) is 20.7. The number of halogens is 1. The van der Waals surface area contributed by atoms with Crippen molar-refractivity contribution in [3.63, 3.8) is 0 Å². The molecule has 2 aliphatic rings. The second kappa shape index (κ2) is 9.09. The van der Waals surface area contributed by atoms with E-state index in [4.69, 9.17) is 14.7 Å². The van der Waals surface area contributed by atoms with E-state index in [0.717, 1.165) is 18.5 Å². The molecule has 1 unspecified atom stereocenters. The summed E-state index contributed by atoms with van der Waals surface area (Å²) in [6.07, 6.45) is 1.65. The van der Waals surface area contributed by atoms with Gasteiger partial charge in [-0.1, -0.05) is 0 Å². The number of carbonyl (C=O) groups is 1. The standard InChI is InChI=1S/C22H20FN5O3/c23-19-7-17-18-10-27-15(8-24)5-14(18)12-31-20(17)6-13(19)4-16(9-25)28-22(29)21-11-26-2-1-3-30-21/h5-7,10,16,21,26H,1-4,11-12H2,(H,28,29)/t16-,21?/m0/s1. The summed E-state index contributed by atoms with van der Waals surface area (Å²) in [5.41, 5.74) is 2.52. The Morgan fingerprint density at radius 2 is 2.23 bits per heavy atom. The van der Waals surface area contributed by atoms with Crippen molar-refractivity contribution in [1.82, 2.24) is 15.6 Å². The van der Waals surface area contributed by atoms with E-state index >= 15 is 0 Å². The van der Waals surface area contributed by atoms with Crippen molar-refractivity contribution in [2.24, 2.45) is 0 Å². The average molecular weight is 421 g/mol. The zero-order chi connectivity index (χ0) is 21.8. The summed E-state index contributed by atoms with van der Waals surface area (Å²) in [7, 11) is 0. The van der Waals surface area contributed by atoms with Crippen molar-refractivity contribution >= 4 is 5.91 Å². The summed E-state index contributed by atoms with van der Waals surface area (Å²) < 4.78 is 26.1. The number of hydrogen-bond acceptors (Lipinski definition) is 7. The van der Waals surface area contributed by atoms with Crippen LogP contribution in [0.3, 0.4) is 0 Å². The van der Waals surface area contributed by atoms with Gasteiger partial charge in [0.25, 0.3) is 5.91 Å². The molecule has 0 saturated carbocycles. The molecule has 9 heteroatoms. The van der Waals surface area contributed by atoms with Crippen molar-refractivity contribution in [2.75, 3.05) is 19.7 Å². The van der Waals surface area contributed by atoms with Crippen LogP contribution in [0.5, 0.6) is 5.75 Å². The van der Waals surface area contributed by atoms with Gasteiger partial charge in [-0.15, -0.1) is 0 Å². The normalized spacial score (nSPS) is 18.2. The van der Waals surface area contributed by atoms with Gasteiger partial charge >= 0.3 is 0 Å². The zero-order valence-electron chi connectivity index (χ0n) is 16.7. The lowest BCUT2D eigenvalue weighted by molar-refractivity contribution is -0.132. The number of rotatable bonds is 4. The number of hydrogen-bond donors (Lipinski definition) is 2. The molecule has 158 valence electrons. The highest BCUT2D eigenvalue weighted by atomic mass is 19.1. The number of fused-ring (bicyclic) bond motifs is 3. The van der Waals surface area contributed by atoms with Gasteiger partial charge in [-0.05, 0) is 36.7 Å². The molecule has 31 heavy (non-hydrogen) atoms. The molecule has 0 radical (unpaired) electrons. The molecule has 0 bridgehead atoms. The minimum absolute atomic E-state index is 0.0106. The van der Waals surface area contributed by atoms with Gasteiger partial charge in [-0.25, -0.2) is 9.37 Å². The Kier molecular flexibility index (Phi) is 6.08. The van der Waals surface area contributed by atoms with Crippen molar-refractivity contribution < 1.29 is 18.7 Å². The fourth-order valence-corrected chi connectivity index (χ4v) is 3.65. The summed E-state index contributed by atoms with van der Waals surface area (Å²) >= 11 is 0. The van der Waals surface area contributed by atoms with Crippen LogP contribution in [-0.2, 0) is 22.6 Å². The third-order valence-corrected chi connectivity index (χ3v) is 5.26. The maximum atomic E-state index is 14.9. The highest BCUT2D eigenvalue weighted by Crippen LogP contribution is 2.39. The van der Waals surface area contributed by atoms with Gasteiger partial charge < -0.3 is 20.1 Å². The Morgan fingerprint density at radius 3 is 3.03 bits per heavy atom. The predicted molar refractivity (Wildman–Crippen MR) is 107 cm³/mol. The number of pyridine rings is 1. The first-order valence-electron chi connectivity index (χ1n) is 9.96. The summed E-state index contributed by atoms with van der Waals surface area (Å²) in [6, 6.07) is 7.58. The van der Waals surface area contributed by atoms with Crippen LogP contribution in [0, 0.1) is 28.5 Å². The maximum Gasteiger partial charge on any atom is 0.251 e. The molecule has 2 aromatic rings. The van der Waals surface area contributed by atoms with Crippen molar-refractivity contribution in [3.05, 3.63) is 47.0 Å². The summed E-state index contributed by atoms with van der Waals surface area (Å²) in [6.45, 7) is 1.83. The molecule has 1 aromatic heterocycles. The van der Waals surface area contributed by atoms with Gasteiger partial charge in [-0.3, -0.25) is 4.79 Å². The van der Waals surface area contributed by atoms with Crippen LogP contribution in [0.25, 0.3) is 11.1 Å². The fourth-order valence-electron chi connectivity index (χ4n) is 3.65. The number of carbonyl (C=O) groups excluding carboxylic acids is 1. The largest absolute Gasteiger partial charge is 0.488 e. The molecular formula is C22H20FN5O3. The third kappa shape index (κ3) is 4.48. The number of nitrogens with zero attached hydrogens (tertiary/aromatic N) is 3. The van der Waals surface area contributed by atoms with Gasteiger partial charge in [0.2, 0.25) is 0 Å². The number of nitrogens with one attached hydrogen (secondary N) is 2. The molecule has 2 N–H and O–H groups in total. The Morgan fingerprint density at radius 1 is 1.35 bits per heavy atom. The molecule has 2 atom stereocenters. The lowest BCUT2D eigenvalue weighted by Crippen LogP contribution is -2.46. The van der Waals surface area contributed by atoms with E-state index in [2.05, 4.69) is 15.6 Å². The average Bonchev–Trinajstić information content (AvgIpc) is 3.08. The Hall–Kier alpha value is -3.53. The highest BCUT2D eigenvalue weighted by molar-refractivity contribution is 5.81. The summed E-state index contributed by atoms with van der Waals surface area (Å²) in [4.78, 5) is 16.5. The quantitative estimate of drug-likeness (QED) is 0.769. The Bertz CT molecular complexity index is 1080. The van der Waals surface area contributed by atoms with Crippen LogP contribution in [0.4, 0.5) is 4.39 Å². The molecule has 4 rings (SSSR count). The van der Waals surface area contributed by atoms with E-state index in [1.54, 1.807) is 12.1 Å². The van der Waals surface area contributed by atoms with Gasteiger partial charge in [0.1, 0.15) is 42.1 Å². The van der Waals surface area contributed by atoms with Crippen LogP contribution in [0.15, 0.2) is 24.4 Å². The monoisotopic (exact) mass is 421 g/mol. The maximum absolute atomic E-state index is 14.9. The first-order valence-corrected chi connectivity index (χ1v) is 9.96. The van der Waals surface area contributed by atoms with E-state index in [1.165, 1.54) is 12.3 Å². The lowest BCUT2D eigenvalue weighted by atomic mass is 9.95. The summed E-state index contributed by atoms with van der Waals surface area (Å²) in [5.74, 6) is -0.444. The van der Waals surface area contributed by atoms with E-state index in [1.807, 2.05) is 12.1 Å². The predicted octanol–water partition coefficient (Wildman–Crippen LogP) is 1.58. The number of ether oxygens (including phenoxy) is 2. The first-order chi connectivity index (χ1) is 15.1. The SMILES string of the molecule is N#Cc1cc2c(cn1)-c1cc(F)c(C[C@@H](C#N)NC(=O)C3CNCCCO3)cc1OC2. The van der Waals surface area contributed by atoms with Crippen LogP contribution >= 0.6 is 0 Å². The van der Waals surface area contributed by atoms with Gasteiger partial charge in [0.05, 0.1) is 6.07 Å². The van der Waals surface area contributed by atoms with Crippen LogP contribution in [0.2, 0.25) is 0 Å². The van der Waals surface area contributed by atoms with Crippen LogP contribution < -0.4 is 15.4 Å². The number of amides is 1. The van der Waals surface area contributed by atoms with Crippen LogP contribution in [0.1, 0.15) is 23.2 Å². The Labute approximate surface area is 178 Å². The van der Waals surface area contributed by atoms with E-state index in [0.29, 0.717) is 30.0 Å². The number of aromatic nitrogens is 1. The van der Waals surface area contributed by atoms with Gasteiger partial charge in [-0.2, -0.15) is 10.5 Å². The molecule has 1 saturated heterocycles. The van der Waals surface area contributed by atoms with Crippen LogP contribution in [-0.4, -0.2) is 42.7 Å². The number of benzene rings is 1. The second-order valence-corrected chi connectivity index (χ2v) is 7.38. The summed E-state index contributed by atoms with van der Waals surface area (Å²) in [5, 5.41) is 24.2. The smallest absolute Gasteiger partial charge is 0.251 e. The molecule has 1 aromatic carbocycles. The third-order valence-electron chi connectivity index (χ3n) is 5.26. The van der Waals surface area contributed by atoms with E-state index in [9.17, 15) is 14.4 Å². The van der Waals surface area contributed by atoms with Gasteiger partial charge in [0, 0.05) is 42.5 Å². The Balaban J connectivity index is 1.52. The minimum atomic E-state index is -0.914.